The highest BCUT2D eigenvalue weighted by atomic mass is 35.5. The van der Waals surface area contributed by atoms with Gasteiger partial charge >= 0.3 is 0 Å². The van der Waals surface area contributed by atoms with Gasteiger partial charge in [0.15, 0.2) is 0 Å². The third kappa shape index (κ3) is 4.66. The zero-order chi connectivity index (χ0) is 19.4. The molecule has 0 heterocycles. The molecule has 0 spiro atoms. The smallest absolute Gasteiger partial charge is 0.241 e. The molecule has 0 aliphatic heterocycles. The summed E-state index contributed by atoms with van der Waals surface area (Å²) in [6.45, 7) is 1.72. The average molecular weight is 403 g/mol. The number of halogens is 1. The van der Waals surface area contributed by atoms with E-state index in [9.17, 15) is 13.2 Å². The molecule has 140 valence electrons. The van der Waals surface area contributed by atoms with Gasteiger partial charge in [0.2, 0.25) is 15.9 Å². The van der Waals surface area contributed by atoms with E-state index in [1.807, 2.05) is 30.3 Å². The topological polar surface area (TPSA) is 75.3 Å². The van der Waals surface area contributed by atoms with Gasteiger partial charge in [-0.15, -0.1) is 0 Å². The van der Waals surface area contributed by atoms with Gasteiger partial charge < -0.3 is 5.32 Å². The Morgan fingerprint density at radius 2 is 1.67 bits per heavy atom. The number of benzene rings is 3. The monoisotopic (exact) mass is 402 g/mol. The normalized spacial score (nSPS) is 12.7. The van der Waals surface area contributed by atoms with Crippen LogP contribution >= 0.6 is 11.6 Å². The predicted octanol–water partition coefficient (Wildman–Crippen LogP) is 3.48. The Balaban J connectivity index is 1.68. The van der Waals surface area contributed by atoms with Crippen LogP contribution in [0.4, 0.5) is 0 Å². The molecule has 27 heavy (non-hydrogen) atoms. The van der Waals surface area contributed by atoms with Gasteiger partial charge in [-0.3, -0.25) is 4.79 Å². The first-order valence-electron chi connectivity index (χ1n) is 8.39. The maximum Gasteiger partial charge on any atom is 0.241 e. The lowest BCUT2D eigenvalue weighted by molar-refractivity contribution is -0.122. The summed E-state index contributed by atoms with van der Waals surface area (Å²) < 4.78 is 27.6. The molecule has 0 saturated heterocycles. The summed E-state index contributed by atoms with van der Waals surface area (Å²) in [4.78, 5) is 12.4. The van der Waals surface area contributed by atoms with Crippen molar-refractivity contribution >= 4 is 38.3 Å². The minimum absolute atomic E-state index is 0.118. The molecule has 7 heteroatoms. The Kier molecular flexibility index (Phi) is 5.79. The lowest BCUT2D eigenvalue weighted by Crippen LogP contribution is -2.44. The van der Waals surface area contributed by atoms with Crippen LogP contribution in [0.1, 0.15) is 12.5 Å². The Morgan fingerprint density at radius 3 is 2.41 bits per heavy atom. The molecule has 0 radical (unpaired) electrons. The third-order valence-corrected chi connectivity index (χ3v) is 6.07. The van der Waals surface area contributed by atoms with Crippen molar-refractivity contribution < 1.29 is 13.2 Å². The highest BCUT2D eigenvalue weighted by Crippen LogP contribution is 2.19. The fourth-order valence-electron chi connectivity index (χ4n) is 2.67. The fraction of sp³-hybridized carbons (Fsp3) is 0.150. The second-order valence-corrected chi connectivity index (χ2v) is 8.28. The van der Waals surface area contributed by atoms with Crippen molar-refractivity contribution in [2.75, 3.05) is 0 Å². The molecule has 0 aliphatic carbocycles. The number of hydrogen-bond donors (Lipinski definition) is 2. The van der Waals surface area contributed by atoms with E-state index in [0.717, 1.165) is 16.3 Å². The Hall–Kier alpha value is -2.41. The lowest BCUT2D eigenvalue weighted by Gasteiger charge is -2.15. The number of carbonyl (C=O) groups excluding carboxylic acids is 1. The zero-order valence-corrected chi connectivity index (χ0v) is 16.2. The first-order valence-corrected chi connectivity index (χ1v) is 10.3. The summed E-state index contributed by atoms with van der Waals surface area (Å²) >= 11 is 6.06. The van der Waals surface area contributed by atoms with Crippen LogP contribution in [0, 0.1) is 0 Å². The van der Waals surface area contributed by atoms with Crippen molar-refractivity contribution in [1.29, 1.82) is 0 Å². The molecule has 0 aromatic heterocycles. The van der Waals surface area contributed by atoms with Crippen LogP contribution in [0.2, 0.25) is 5.02 Å². The zero-order valence-electron chi connectivity index (χ0n) is 14.6. The summed E-state index contributed by atoms with van der Waals surface area (Å²) in [5.41, 5.74) is 0.761. The second-order valence-electron chi connectivity index (χ2n) is 6.16. The maximum atomic E-state index is 12.6. The maximum absolute atomic E-state index is 12.6. The number of hydrogen-bond acceptors (Lipinski definition) is 3. The van der Waals surface area contributed by atoms with Gasteiger partial charge in [-0.2, -0.15) is 4.72 Å². The van der Waals surface area contributed by atoms with Crippen LogP contribution in [0.5, 0.6) is 0 Å². The van der Waals surface area contributed by atoms with Crippen molar-refractivity contribution in [2.24, 2.45) is 0 Å². The predicted molar refractivity (Wildman–Crippen MR) is 107 cm³/mol. The highest BCUT2D eigenvalue weighted by Gasteiger charge is 2.22. The van der Waals surface area contributed by atoms with Crippen LogP contribution in [-0.2, 0) is 21.4 Å². The molecule has 3 aromatic rings. The van der Waals surface area contributed by atoms with E-state index in [0.29, 0.717) is 5.02 Å². The van der Waals surface area contributed by atoms with Gasteiger partial charge in [0, 0.05) is 11.6 Å². The first kappa shape index (κ1) is 19.4. The molecule has 1 amide bonds. The van der Waals surface area contributed by atoms with Gasteiger partial charge in [0.1, 0.15) is 0 Å². The summed E-state index contributed by atoms with van der Waals surface area (Å²) in [6, 6.07) is 18.6. The quantitative estimate of drug-likeness (QED) is 0.662. The SMILES string of the molecule is C[C@H](NS(=O)(=O)c1ccc2ccccc2c1)C(=O)NCc1ccccc1Cl. The molecule has 3 aromatic carbocycles. The lowest BCUT2D eigenvalue weighted by atomic mass is 10.1. The first-order chi connectivity index (χ1) is 12.9. The number of carbonyl (C=O) groups is 1. The van der Waals surface area contributed by atoms with Crippen LogP contribution < -0.4 is 10.0 Å². The molecule has 0 bridgehead atoms. The summed E-state index contributed by atoms with van der Waals surface area (Å²) in [5.74, 6) is -0.431. The number of sulfonamides is 1. The number of rotatable bonds is 6. The van der Waals surface area contributed by atoms with Crippen LogP contribution in [0.25, 0.3) is 10.8 Å². The van der Waals surface area contributed by atoms with E-state index in [1.54, 1.807) is 30.3 Å². The number of amides is 1. The van der Waals surface area contributed by atoms with E-state index in [2.05, 4.69) is 10.0 Å². The van der Waals surface area contributed by atoms with E-state index in [1.165, 1.54) is 13.0 Å². The minimum Gasteiger partial charge on any atom is -0.351 e. The van der Waals surface area contributed by atoms with E-state index in [4.69, 9.17) is 11.6 Å². The van der Waals surface area contributed by atoms with Gasteiger partial charge in [-0.1, -0.05) is 60.1 Å². The molecular weight excluding hydrogens is 384 g/mol. The molecule has 0 unspecified atom stereocenters. The molecule has 0 saturated carbocycles. The van der Waals surface area contributed by atoms with Crippen molar-refractivity contribution in [3.63, 3.8) is 0 Å². The summed E-state index contributed by atoms with van der Waals surface area (Å²) in [6.07, 6.45) is 0. The molecular formula is C20H19ClN2O3S. The van der Waals surface area contributed by atoms with Gasteiger partial charge in [0.25, 0.3) is 0 Å². The van der Waals surface area contributed by atoms with Crippen LogP contribution in [0.3, 0.4) is 0 Å². The second kappa shape index (κ2) is 8.08. The molecule has 0 aliphatic rings. The van der Waals surface area contributed by atoms with Gasteiger partial charge in [0.05, 0.1) is 10.9 Å². The van der Waals surface area contributed by atoms with Crippen LogP contribution in [0.15, 0.2) is 71.6 Å². The molecule has 0 fully saturated rings. The van der Waals surface area contributed by atoms with E-state index >= 15 is 0 Å². The molecule has 5 nitrogen and oxygen atoms in total. The molecule has 2 N–H and O–H groups in total. The standard InChI is InChI=1S/C20H19ClN2O3S/c1-14(20(24)22-13-17-8-4-5-9-19(17)21)23-27(25,26)18-11-10-15-6-2-3-7-16(15)12-18/h2-12,14,23H,13H2,1H3,(H,22,24)/t14-/m0/s1. The average Bonchev–Trinajstić information content (AvgIpc) is 2.66. The third-order valence-electron chi connectivity index (χ3n) is 4.17. The fourth-order valence-corrected chi connectivity index (χ4v) is 4.11. The van der Waals surface area contributed by atoms with Crippen LogP contribution in [-0.4, -0.2) is 20.4 Å². The van der Waals surface area contributed by atoms with Gasteiger partial charge in [-0.05, 0) is 41.5 Å². The Morgan fingerprint density at radius 1 is 1.00 bits per heavy atom. The highest BCUT2D eigenvalue weighted by molar-refractivity contribution is 7.89. The number of nitrogens with one attached hydrogen (secondary N) is 2. The Labute approximate surface area is 163 Å². The summed E-state index contributed by atoms with van der Waals surface area (Å²) in [7, 11) is -3.82. The van der Waals surface area contributed by atoms with Gasteiger partial charge in [-0.25, -0.2) is 8.42 Å². The molecule has 3 rings (SSSR count). The largest absolute Gasteiger partial charge is 0.351 e. The van der Waals surface area contributed by atoms with Crippen molar-refractivity contribution in [1.82, 2.24) is 10.0 Å². The minimum atomic E-state index is -3.82. The Bertz CT molecular complexity index is 1080. The molecule has 1 atom stereocenters. The van der Waals surface area contributed by atoms with Crippen molar-refractivity contribution in [3.05, 3.63) is 77.3 Å². The van der Waals surface area contributed by atoms with Crippen molar-refractivity contribution in [3.8, 4) is 0 Å². The number of fused-ring (bicyclic) bond motifs is 1. The van der Waals surface area contributed by atoms with Crippen molar-refractivity contribution in [2.45, 2.75) is 24.4 Å². The summed E-state index contributed by atoms with van der Waals surface area (Å²) in [5, 5.41) is 5.00. The van der Waals surface area contributed by atoms with E-state index < -0.39 is 22.0 Å². The van der Waals surface area contributed by atoms with E-state index in [-0.39, 0.29) is 11.4 Å².